The topological polar surface area (TPSA) is 82.2 Å². The fourth-order valence-electron chi connectivity index (χ4n) is 1.82. The number of pyridine rings is 1. The van der Waals surface area contributed by atoms with Gasteiger partial charge in [-0.05, 0) is 18.1 Å². The summed E-state index contributed by atoms with van der Waals surface area (Å²) in [4.78, 5) is 26.4. The first-order chi connectivity index (χ1) is 9.00. The molecule has 1 amide bonds. The van der Waals surface area contributed by atoms with Crippen LogP contribution in [-0.2, 0) is 0 Å². The molecule has 0 spiro atoms. The van der Waals surface area contributed by atoms with E-state index in [9.17, 15) is 14.7 Å². The Bertz CT molecular complexity index is 674. The minimum absolute atomic E-state index is 0.237. The Hall–Kier alpha value is -2.30. The molecule has 1 aromatic carbocycles. The Labute approximate surface area is 110 Å². The van der Waals surface area contributed by atoms with Crippen LogP contribution in [0.5, 0.6) is 5.75 Å². The molecule has 0 atom stereocenters. The zero-order valence-corrected chi connectivity index (χ0v) is 10.9. The van der Waals surface area contributed by atoms with Crippen molar-refractivity contribution < 1.29 is 9.90 Å². The summed E-state index contributed by atoms with van der Waals surface area (Å²) < 4.78 is 0. The van der Waals surface area contributed by atoms with Crippen LogP contribution in [0.15, 0.2) is 29.1 Å². The Balaban J connectivity index is 2.49. The van der Waals surface area contributed by atoms with E-state index in [-0.39, 0.29) is 17.2 Å². The number of carbonyl (C=O) groups excluding carboxylic acids is 1. The molecule has 0 aliphatic carbocycles. The molecule has 0 aliphatic rings. The average molecular weight is 260 g/mol. The molecule has 2 aromatic rings. The van der Waals surface area contributed by atoms with Crippen molar-refractivity contribution in [1.29, 1.82) is 0 Å². The van der Waals surface area contributed by atoms with E-state index in [0.29, 0.717) is 17.4 Å². The van der Waals surface area contributed by atoms with Gasteiger partial charge in [-0.1, -0.05) is 26.0 Å². The number of fused-ring (bicyclic) bond motifs is 1. The van der Waals surface area contributed by atoms with E-state index in [2.05, 4.69) is 10.3 Å². The molecule has 100 valence electrons. The van der Waals surface area contributed by atoms with Crippen molar-refractivity contribution in [1.82, 2.24) is 10.3 Å². The normalized spacial score (nSPS) is 10.9. The van der Waals surface area contributed by atoms with Crippen molar-refractivity contribution in [3.05, 3.63) is 40.2 Å². The standard InChI is InChI=1S/C14H16N2O3/c1-8(2)7-15-13(18)11-12(17)9-5-3-4-6-10(9)16-14(11)19/h3-6,8H,7H2,1-2H3,(H,15,18)(H2,16,17,19). The van der Waals surface area contributed by atoms with E-state index in [1.165, 1.54) is 0 Å². The van der Waals surface area contributed by atoms with Gasteiger partial charge in [-0.3, -0.25) is 9.59 Å². The Morgan fingerprint density at radius 1 is 1.37 bits per heavy atom. The average Bonchev–Trinajstić information content (AvgIpc) is 2.36. The first-order valence-electron chi connectivity index (χ1n) is 6.13. The highest BCUT2D eigenvalue weighted by atomic mass is 16.3. The smallest absolute Gasteiger partial charge is 0.265 e. The van der Waals surface area contributed by atoms with Crippen LogP contribution in [0, 0.1) is 5.92 Å². The molecule has 3 N–H and O–H groups in total. The van der Waals surface area contributed by atoms with E-state index in [1.807, 2.05) is 13.8 Å². The third kappa shape index (κ3) is 2.59. The number of rotatable bonds is 3. The predicted octanol–water partition coefficient (Wildman–Crippen LogP) is 1.62. The number of aromatic nitrogens is 1. The summed E-state index contributed by atoms with van der Waals surface area (Å²) in [5.41, 5.74) is -0.317. The number of carbonyl (C=O) groups is 1. The summed E-state index contributed by atoms with van der Waals surface area (Å²) in [5, 5.41) is 13.2. The lowest BCUT2D eigenvalue weighted by Crippen LogP contribution is -2.32. The first-order valence-corrected chi connectivity index (χ1v) is 6.13. The van der Waals surface area contributed by atoms with Crippen molar-refractivity contribution in [2.75, 3.05) is 6.54 Å². The predicted molar refractivity (Wildman–Crippen MR) is 73.4 cm³/mol. The number of H-pyrrole nitrogens is 1. The molecule has 0 unspecified atom stereocenters. The summed E-state index contributed by atoms with van der Waals surface area (Å²) in [6.07, 6.45) is 0. The van der Waals surface area contributed by atoms with Crippen LogP contribution >= 0.6 is 0 Å². The number of aromatic hydroxyl groups is 1. The zero-order valence-electron chi connectivity index (χ0n) is 10.9. The molecule has 19 heavy (non-hydrogen) atoms. The number of hydrogen-bond acceptors (Lipinski definition) is 3. The lowest BCUT2D eigenvalue weighted by molar-refractivity contribution is 0.0945. The lowest BCUT2D eigenvalue weighted by Gasteiger charge is -2.09. The van der Waals surface area contributed by atoms with E-state index in [4.69, 9.17) is 0 Å². The number of nitrogens with one attached hydrogen (secondary N) is 2. The second kappa shape index (κ2) is 5.14. The van der Waals surface area contributed by atoms with Crippen LogP contribution < -0.4 is 10.9 Å². The van der Waals surface area contributed by atoms with Crippen molar-refractivity contribution >= 4 is 16.8 Å². The molecule has 0 saturated heterocycles. The van der Waals surface area contributed by atoms with Gasteiger partial charge in [0.1, 0.15) is 11.3 Å². The highest BCUT2D eigenvalue weighted by Crippen LogP contribution is 2.24. The molecule has 0 bridgehead atoms. The van der Waals surface area contributed by atoms with Crippen LogP contribution in [0.1, 0.15) is 24.2 Å². The van der Waals surface area contributed by atoms with Gasteiger partial charge in [-0.2, -0.15) is 0 Å². The van der Waals surface area contributed by atoms with Crippen LogP contribution in [0.2, 0.25) is 0 Å². The maximum absolute atomic E-state index is 11.9. The summed E-state index contributed by atoms with van der Waals surface area (Å²) >= 11 is 0. The van der Waals surface area contributed by atoms with Crippen LogP contribution in [-0.4, -0.2) is 22.5 Å². The van der Waals surface area contributed by atoms with Crippen LogP contribution in [0.25, 0.3) is 10.9 Å². The fraction of sp³-hybridized carbons (Fsp3) is 0.286. The minimum Gasteiger partial charge on any atom is -0.506 e. The maximum Gasteiger partial charge on any atom is 0.265 e. The van der Waals surface area contributed by atoms with Gasteiger partial charge in [-0.25, -0.2) is 0 Å². The molecule has 5 nitrogen and oxygen atoms in total. The van der Waals surface area contributed by atoms with Gasteiger partial charge in [0.15, 0.2) is 0 Å². The zero-order chi connectivity index (χ0) is 14.0. The quantitative estimate of drug-likeness (QED) is 0.784. The van der Waals surface area contributed by atoms with Gasteiger partial charge < -0.3 is 15.4 Å². The van der Waals surface area contributed by atoms with Gasteiger partial charge in [0.25, 0.3) is 11.5 Å². The minimum atomic E-state index is -0.586. The van der Waals surface area contributed by atoms with Gasteiger partial charge in [0.05, 0.1) is 5.52 Å². The van der Waals surface area contributed by atoms with Gasteiger partial charge in [0, 0.05) is 11.9 Å². The third-order valence-corrected chi connectivity index (χ3v) is 2.79. The highest BCUT2D eigenvalue weighted by molar-refractivity contribution is 6.01. The molecule has 0 radical (unpaired) electrons. The summed E-state index contributed by atoms with van der Waals surface area (Å²) in [5.74, 6) is -0.565. The van der Waals surface area contributed by atoms with Crippen molar-refractivity contribution in [2.24, 2.45) is 5.92 Å². The Morgan fingerprint density at radius 3 is 2.74 bits per heavy atom. The molecule has 1 aromatic heterocycles. The second-order valence-electron chi connectivity index (χ2n) is 4.83. The maximum atomic E-state index is 11.9. The van der Waals surface area contributed by atoms with E-state index in [1.54, 1.807) is 24.3 Å². The summed E-state index contributed by atoms with van der Waals surface area (Å²) in [7, 11) is 0. The SMILES string of the molecule is CC(C)CNC(=O)c1c(O)c2ccccc2[nH]c1=O. The summed E-state index contributed by atoms with van der Waals surface area (Å²) in [6.45, 7) is 4.35. The van der Waals surface area contributed by atoms with E-state index < -0.39 is 11.5 Å². The van der Waals surface area contributed by atoms with E-state index in [0.717, 1.165) is 0 Å². The molecule has 0 fully saturated rings. The number of benzene rings is 1. The highest BCUT2D eigenvalue weighted by Gasteiger charge is 2.18. The third-order valence-electron chi connectivity index (χ3n) is 2.79. The van der Waals surface area contributed by atoms with Crippen molar-refractivity contribution in [2.45, 2.75) is 13.8 Å². The Kier molecular flexibility index (Phi) is 3.55. The van der Waals surface area contributed by atoms with Crippen molar-refractivity contribution in [3.63, 3.8) is 0 Å². The lowest BCUT2D eigenvalue weighted by atomic mass is 10.1. The molecule has 1 heterocycles. The Morgan fingerprint density at radius 2 is 2.05 bits per heavy atom. The fourth-order valence-corrected chi connectivity index (χ4v) is 1.82. The molecular formula is C14H16N2O3. The number of hydrogen-bond donors (Lipinski definition) is 3. The molecule has 0 saturated carbocycles. The monoisotopic (exact) mass is 260 g/mol. The van der Waals surface area contributed by atoms with Gasteiger partial charge in [-0.15, -0.1) is 0 Å². The molecule has 2 rings (SSSR count). The second-order valence-corrected chi connectivity index (χ2v) is 4.83. The molecular weight excluding hydrogens is 244 g/mol. The largest absolute Gasteiger partial charge is 0.506 e. The van der Waals surface area contributed by atoms with Crippen molar-refractivity contribution in [3.8, 4) is 5.75 Å². The van der Waals surface area contributed by atoms with Crippen LogP contribution in [0.4, 0.5) is 0 Å². The van der Waals surface area contributed by atoms with Gasteiger partial charge in [0.2, 0.25) is 0 Å². The number of aromatic amines is 1. The molecule has 5 heteroatoms. The van der Waals surface area contributed by atoms with E-state index >= 15 is 0 Å². The number of para-hydroxylation sites is 1. The summed E-state index contributed by atoms with van der Waals surface area (Å²) in [6, 6.07) is 6.80. The van der Waals surface area contributed by atoms with Gasteiger partial charge >= 0.3 is 0 Å². The van der Waals surface area contributed by atoms with Crippen LogP contribution in [0.3, 0.4) is 0 Å². The number of amides is 1. The molecule has 0 aliphatic heterocycles. The first kappa shape index (κ1) is 13.1.